The van der Waals surface area contributed by atoms with Crippen molar-refractivity contribution >= 4 is 35.0 Å². The van der Waals surface area contributed by atoms with Crippen LogP contribution in [0.2, 0.25) is 0 Å². The van der Waals surface area contributed by atoms with E-state index in [4.69, 9.17) is 0 Å². The molecule has 0 aliphatic carbocycles. The zero-order chi connectivity index (χ0) is 19.9. The van der Waals surface area contributed by atoms with Gasteiger partial charge >= 0.3 is 0 Å². The van der Waals surface area contributed by atoms with Gasteiger partial charge in [-0.05, 0) is 49.1 Å². The first kappa shape index (κ1) is 20.4. The summed E-state index contributed by atoms with van der Waals surface area (Å²) in [6.07, 6.45) is 4.08. The number of carbonyl (C=O) groups is 2. The summed E-state index contributed by atoms with van der Waals surface area (Å²) in [7, 11) is 2.11. The minimum Gasteiger partial charge on any atom is -0.333 e. The number of thioether (sulfide) groups is 1. The number of carbonyl (C=O) groups excluding carboxylic acids is 2. The van der Waals surface area contributed by atoms with Gasteiger partial charge in [0.25, 0.3) is 0 Å². The average Bonchev–Trinajstić information content (AvgIpc) is 3.13. The molecule has 0 saturated carbocycles. The van der Waals surface area contributed by atoms with Crippen molar-refractivity contribution in [2.24, 2.45) is 0 Å². The van der Waals surface area contributed by atoms with E-state index in [1.165, 1.54) is 15.4 Å². The Labute approximate surface area is 171 Å². The summed E-state index contributed by atoms with van der Waals surface area (Å²) >= 11 is 1.74. The first-order valence-corrected chi connectivity index (χ1v) is 10.9. The summed E-state index contributed by atoms with van der Waals surface area (Å²) in [4.78, 5) is 28.4. The second-order valence-corrected chi connectivity index (χ2v) is 8.11. The van der Waals surface area contributed by atoms with Gasteiger partial charge in [0, 0.05) is 34.8 Å². The normalized spacial score (nSPS) is 14.9. The third-order valence-electron chi connectivity index (χ3n) is 4.98. The molecule has 0 bridgehead atoms. The molecule has 1 aliphatic heterocycles. The average molecular weight is 399 g/mol. The summed E-state index contributed by atoms with van der Waals surface area (Å²) in [5, 5.41) is 2.95. The number of nitrogens with zero attached hydrogens (tertiary/aromatic N) is 1. The van der Waals surface area contributed by atoms with E-state index < -0.39 is 0 Å². The molecule has 1 aliphatic rings. The molecular formula is C22H28N3O2S+. The van der Waals surface area contributed by atoms with Crippen LogP contribution in [0.5, 0.6) is 0 Å². The molecule has 0 radical (unpaired) electrons. The van der Waals surface area contributed by atoms with Gasteiger partial charge in [0.1, 0.15) is 6.54 Å². The third-order valence-corrected chi connectivity index (χ3v) is 5.72. The van der Waals surface area contributed by atoms with Crippen LogP contribution in [0.3, 0.4) is 0 Å². The van der Waals surface area contributed by atoms with Crippen molar-refractivity contribution in [3.05, 3.63) is 54.1 Å². The standard InChI is InChI=1S/C22H27N3O2S/c1-24(16-17-5-11-20(28-2)12-6-17)15-13-21(26)23-18-7-9-19(10-8-18)25-14-3-4-22(25)27/h5-12H,3-4,13-16H2,1-2H3,(H,23,26)/p+1. The number of benzene rings is 2. The molecule has 28 heavy (non-hydrogen) atoms. The Hall–Kier alpha value is -2.31. The van der Waals surface area contributed by atoms with Gasteiger partial charge < -0.3 is 15.1 Å². The number of rotatable bonds is 8. The van der Waals surface area contributed by atoms with Gasteiger partial charge in [0.2, 0.25) is 11.8 Å². The highest BCUT2D eigenvalue weighted by Gasteiger charge is 2.21. The quantitative estimate of drug-likeness (QED) is 0.672. The van der Waals surface area contributed by atoms with Crippen LogP contribution in [0.15, 0.2) is 53.4 Å². The Morgan fingerprint density at radius 3 is 2.46 bits per heavy atom. The van der Waals surface area contributed by atoms with Gasteiger partial charge in [-0.1, -0.05) is 12.1 Å². The largest absolute Gasteiger partial charge is 0.333 e. The molecule has 0 aromatic heterocycles. The van der Waals surface area contributed by atoms with Crippen LogP contribution in [0.4, 0.5) is 11.4 Å². The zero-order valence-corrected chi connectivity index (χ0v) is 17.3. The minimum atomic E-state index is 0.0158. The summed E-state index contributed by atoms with van der Waals surface area (Å²) in [6, 6.07) is 16.1. The van der Waals surface area contributed by atoms with Crippen LogP contribution in [0.1, 0.15) is 24.8 Å². The number of quaternary nitrogens is 1. The fourth-order valence-corrected chi connectivity index (χ4v) is 3.78. The maximum atomic E-state index is 12.3. The monoisotopic (exact) mass is 398 g/mol. The Kier molecular flexibility index (Phi) is 7.12. The first-order chi connectivity index (χ1) is 13.5. The maximum absolute atomic E-state index is 12.3. The van der Waals surface area contributed by atoms with E-state index in [1.54, 1.807) is 16.7 Å². The number of amides is 2. The minimum absolute atomic E-state index is 0.0158. The molecule has 2 N–H and O–H groups in total. The first-order valence-electron chi connectivity index (χ1n) is 9.69. The fraction of sp³-hybridized carbons (Fsp3) is 0.364. The lowest BCUT2D eigenvalue weighted by atomic mass is 10.2. The van der Waals surface area contributed by atoms with Gasteiger partial charge in [0.05, 0.1) is 20.0 Å². The smallest absolute Gasteiger partial charge is 0.230 e. The van der Waals surface area contributed by atoms with Crippen LogP contribution in [-0.4, -0.2) is 38.2 Å². The second-order valence-electron chi connectivity index (χ2n) is 7.23. The van der Waals surface area contributed by atoms with Crippen LogP contribution >= 0.6 is 11.8 Å². The SMILES string of the molecule is CSc1ccc(C[NH+](C)CCC(=O)Nc2ccc(N3CCCC3=O)cc2)cc1. The topological polar surface area (TPSA) is 53.9 Å². The summed E-state index contributed by atoms with van der Waals surface area (Å²) in [5.41, 5.74) is 2.95. The lowest BCUT2D eigenvalue weighted by Crippen LogP contribution is -3.07. The molecule has 1 heterocycles. The van der Waals surface area contributed by atoms with E-state index in [1.807, 2.05) is 24.3 Å². The molecular weight excluding hydrogens is 370 g/mol. The van der Waals surface area contributed by atoms with E-state index >= 15 is 0 Å². The summed E-state index contributed by atoms with van der Waals surface area (Å²) in [6.45, 7) is 2.45. The number of anilines is 2. The van der Waals surface area contributed by atoms with E-state index in [0.717, 1.165) is 37.4 Å². The van der Waals surface area contributed by atoms with Crippen molar-refractivity contribution < 1.29 is 14.5 Å². The number of hydrogen-bond acceptors (Lipinski definition) is 3. The van der Waals surface area contributed by atoms with Crippen molar-refractivity contribution in [1.29, 1.82) is 0 Å². The predicted octanol–water partition coefficient (Wildman–Crippen LogP) is 2.58. The molecule has 148 valence electrons. The molecule has 0 spiro atoms. The van der Waals surface area contributed by atoms with Gasteiger partial charge in [-0.3, -0.25) is 9.59 Å². The van der Waals surface area contributed by atoms with Crippen molar-refractivity contribution in [3.63, 3.8) is 0 Å². The molecule has 5 nitrogen and oxygen atoms in total. The molecule has 1 atom stereocenters. The van der Waals surface area contributed by atoms with Crippen LogP contribution in [0.25, 0.3) is 0 Å². The number of nitrogens with one attached hydrogen (secondary N) is 2. The molecule has 1 fully saturated rings. The maximum Gasteiger partial charge on any atom is 0.230 e. The van der Waals surface area contributed by atoms with E-state index in [-0.39, 0.29) is 11.8 Å². The molecule has 1 saturated heterocycles. The van der Waals surface area contributed by atoms with Crippen molar-refractivity contribution in [2.45, 2.75) is 30.7 Å². The van der Waals surface area contributed by atoms with Crippen molar-refractivity contribution in [1.82, 2.24) is 0 Å². The van der Waals surface area contributed by atoms with Gasteiger partial charge in [-0.15, -0.1) is 11.8 Å². The van der Waals surface area contributed by atoms with Crippen LogP contribution in [-0.2, 0) is 16.1 Å². The Bertz CT molecular complexity index is 806. The Balaban J connectivity index is 1.43. The van der Waals surface area contributed by atoms with Gasteiger partial charge in [-0.2, -0.15) is 0 Å². The fourth-order valence-electron chi connectivity index (χ4n) is 3.38. The van der Waals surface area contributed by atoms with Crippen molar-refractivity contribution in [3.8, 4) is 0 Å². The van der Waals surface area contributed by atoms with E-state index in [0.29, 0.717) is 12.8 Å². The molecule has 2 aromatic carbocycles. The second kappa shape index (κ2) is 9.75. The molecule has 3 rings (SSSR count). The summed E-state index contributed by atoms with van der Waals surface area (Å²) in [5.74, 6) is 0.188. The Morgan fingerprint density at radius 1 is 1.14 bits per heavy atom. The number of hydrogen-bond donors (Lipinski definition) is 2. The van der Waals surface area contributed by atoms with Crippen LogP contribution in [0, 0.1) is 0 Å². The van der Waals surface area contributed by atoms with E-state index in [2.05, 4.69) is 42.9 Å². The van der Waals surface area contributed by atoms with Crippen LogP contribution < -0.4 is 15.1 Å². The lowest BCUT2D eigenvalue weighted by Gasteiger charge is -2.16. The highest BCUT2D eigenvalue weighted by molar-refractivity contribution is 7.98. The summed E-state index contributed by atoms with van der Waals surface area (Å²) < 4.78 is 0. The van der Waals surface area contributed by atoms with E-state index in [9.17, 15) is 9.59 Å². The zero-order valence-electron chi connectivity index (χ0n) is 16.5. The molecule has 2 amide bonds. The molecule has 2 aromatic rings. The highest BCUT2D eigenvalue weighted by atomic mass is 32.2. The Morgan fingerprint density at radius 2 is 1.86 bits per heavy atom. The van der Waals surface area contributed by atoms with Gasteiger partial charge in [-0.25, -0.2) is 0 Å². The molecule has 1 unspecified atom stereocenters. The predicted molar refractivity (Wildman–Crippen MR) is 115 cm³/mol. The molecule has 6 heteroatoms. The highest BCUT2D eigenvalue weighted by Crippen LogP contribution is 2.23. The third kappa shape index (κ3) is 5.59. The van der Waals surface area contributed by atoms with Crippen molar-refractivity contribution in [2.75, 3.05) is 36.6 Å². The lowest BCUT2D eigenvalue weighted by molar-refractivity contribution is -0.893. The van der Waals surface area contributed by atoms with Gasteiger partial charge in [0.15, 0.2) is 0 Å².